The van der Waals surface area contributed by atoms with Gasteiger partial charge in [0.2, 0.25) is 5.91 Å². The number of hydrogen-bond acceptors (Lipinski definition) is 8. The second kappa shape index (κ2) is 9.28. The van der Waals surface area contributed by atoms with Crippen molar-refractivity contribution in [1.29, 1.82) is 0 Å². The molecule has 0 aliphatic carbocycles. The topological polar surface area (TPSA) is 159 Å². The third kappa shape index (κ3) is 5.16. The highest BCUT2D eigenvalue weighted by molar-refractivity contribution is 7.18. The number of nitrogens with two attached hydrogens (primary N) is 1. The van der Waals surface area contributed by atoms with Gasteiger partial charge in [-0.2, -0.15) is 5.10 Å². The quantitative estimate of drug-likeness (QED) is 0.355. The molecule has 0 radical (unpaired) electrons. The van der Waals surface area contributed by atoms with Gasteiger partial charge in [-0.3, -0.25) is 24.4 Å². The number of esters is 1. The first-order valence-electron chi connectivity index (χ1n) is 8.73. The number of hydrogen-bond donors (Lipinski definition) is 2. The first-order valence-corrected chi connectivity index (χ1v) is 9.55. The van der Waals surface area contributed by atoms with Crippen LogP contribution in [0.3, 0.4) is 0 Å². The summed E-state index contributed by atoms with van der Waals surface area (Å²) in [5.74, 6) is -2.45. The minimum absolute atomic E-state index is 0.0856. The molecule has 3 N–H and O–H groups in total. The van der Waals surface area contributed by atoms with Gasteiger partial charge in [-0.15, -0.1) is 11.3 Å². The molecular formula is C17H21N5O6S. The van der Waals surface area contributed by atoms with Crippen LogP contribution in [0.4, 0.5) is 10.7 Å². The average molecular weight is 423 g/mol. The summed E-state index contributed by atoms with van der Waals surface area (Å²) in [4.78, 5) is 46.9. The van der Waals surface area contributed by atoms with E-state index in [4.69, 9.17) is 10.5 Å². The molecule has 0 saturated carbocycles. The van der Waals surface area contributed by atoms with E-state index in [-0.39, 0.29) is 34.3 Å². The van der Waals surface area contributed by atoms with Crippen molar-refractivity contribution >= 4 is 39.8 Å². The Bertz CT molecular complexity index is 950. The van der Waals surface area contributed by atoms with Crippen molar-refractivity contribution in [2.24, 2.45) is 11.7 Å². The van der Waals surface area contributed by atoms with Crippen molar-refractivity contribution in [3.8, 4) is 0 Å². The minimum atomic E-state index is -0.713. The molecular weight excluding hydrogens is 402 g/mol. The first-order chi connectivity index (χ1) is 13.6. The van der Waals surface area contributed by atoms with Crippen LogP contribution in [0.15, 0.2) is 12.4 Å². The number of amides is 2. The number of primary amides is 1. The molecule has 2 aromatic rings. The molecule has 1 unspecified atom stereocenters. The summed E-state index contributed by atoms with van der Waals surface area (Å²) in [6, 6.07) is 0. The highest BCUT2D eigenvalue weighted by Gasteiger charge is 2.27. The fraction of sp³-hybridized carbons (Fsp3) is 0.412. The predicted molar refractivity (Wildman–Crippen MR) is 105 cm³/mol. The number of nitro groups is 1. The smallest absolute Gasteiger partial charge is 0.341 e. The Hall–Kier alpha value is -3.28. The van der Waals surface area contributed by atoms with Crippen LogP contribution in [0.25, 0.3) is 0 Å². The van der Waals surface area contributed by atoms with Gasteiger partial charge in [0, 0.05) is 0 Å². The van der Waals surface area contributed by atoms with Crippen LogP contribution in [0.5, 0.6) is 0 Å². The largest absolute Gasteiger partial charge is 0.462 e. The zero-order valence-electron chi connectivity index (χ0n) is 16.1. The molecule has 0 aliphatic heterocycles. The highest BCUT2D eigenvalue weighted by atomic mass is 32.1. The fourth-order valence-corrected chi connectivity index (χ4v) is 3.54. The summed E-state index contributed by atoms with van der Waals surface area (Å²) >= 11 is 0.897. The van der Waals surface area contributed by atoms with E-state index in [0.29, 0.717) is 12.0 Å². The van der Waals surface area contributed by atoms with Crippen molar-refractivity contribution < 1.29 is 24.0 Å². The monoisotopic (exact) mass is 423 g/mol. The zero-order valence-corrected chi connectivity index (χ0v) is 16.9. The molecule has 0 fully saturated rings. The molecule has 2 heterocycles. The standard InChI is InChI=1S/C17H21N5O6S/c1-4-5-28-17(25)12-10(3)13(14(18)23)29-16(12)20-15(24)9(2)7-21-8-11(6-19-21)22(26)27/h6,8-9H,4-5,7H2,1-3H3,(H2,18,23)(H,20,24). The number of carbonyl (C=O) groups is 3. The zero-order chi connectivity index (χ0) is 21.7. The second-order valence-corrected chi connectivity index (χ2v) is 7.35. The summed E-state index contributed by atoms with van der Waals surface area (Å²) in [5.41, 5.74) is 5.61. The summed E-state index contributed by atoms with van der Waals surface area (Å²) < 4.78 is 6.43. The van der Waals surface area contributed by atoms with Crippen LogP contribution < -0.4 is 11.1 Å². The molecule has 29 heavy (non-hydrogen) atoms. The number of nitrogens with zero attached hydrogens (tertiary/aromatic N) is 3. The molecule has 156 valence electrons. The molecule has 11 nitrogen and oxygen atoms in total. The van der Waals surface area contributed by atoms with Crippen molar-refractivity contribution in [2.75, 3.05) is 11.9 Å². The molecule has 0 saturated heterocycles. The lowest BCUT2D eigenvalue weighted by Crippen LogP contribution is -2.25. The maximum Gasteiger partial charge on any atom is 0.341 e. The van der Waals surface area contributed by atoms with Gasteiger partial charge in [0.05, 0.1) is 34.4 Å². The molecule has 2 aromatic heterocycles. The van der Waals surface area contributed by atoms with Crippen molar-refractivity contribution in [3.63, 3.8) is 0 Å². The minimum Gasteiger partial charge on any atom is -0.462 e. The van der Waals surface area contributed by atoms with Crippen molar-refractivity contribution in [1.82, 2.24) is 9.78 Å². The van der Waals surface area contributed by atoms with Crippen LogP contribution in [0.2, 0.25) is 0 Å². The lowest BCUT2D eigenvalue weighted by Gasteiger charge is -2.12. The lowest BCUT2D eigenvalue weighted by molar-refractivity contribution is -0.385. The third-order valence-corrected chi connectivity index (χ3v) is 5.21. The number of nitrogens with one attached hydrogen (secondary N) is 1. The normalized spacial score (nSPS) is 11.7. The van der Waals surface area contributed by atoms with E-state index < -0.39 is 28.6 Å². The maximum atomic E-state index is 12.6. The molecule has 0 aromatic carbocycles. The van der Waals surface area contributed by atoms with E-state index in [1.54, 1.807) is 13.8 Å². The number of anilines is 1. The average Bonchev–Trinajstić information content (AvgIpc) is 3.24. The highest BCUT2D eigenvalue weighted by Crippen LogP contribution is 2.34. The van der Waals surface area contributed by atoms with Gasteiger partial charge in [-0.1, -0.05) is 13.8 Å². The van der Waals surface area contributed by atoms with Crippen LogP contribution in [0, 0.1) is 23.0 Å². The second-order valence-electron chi connectivity index (χ2n) is 6.33. The molecule has 1 atom stereocenters. The summed E-state index contributed by atoms with van der Waals surface area (Å²) in [6.07, 6.45) is 2.93. The number of thiophene rings is 1. The summed E-state index contributed by atoms with van der Waals surface area (Å²) in [7, 11) is 0. The van der Waals surface area contributed by atoms with E-state index in [2.05, 4.69) is 10.4 Å². The molecule has 2 amide bonds. The van der Waals surface area contributed by atoms with Gasteiger partial charge in [0.15, 0.2) is 0 Å². The van der Waals surface area contributed by atoms with E-state index in [1.165, 1.54) is 10.9 Å². The molecule has 0 bridgehead atoms. The Kier molecular flexibility index (Phi) is 7.04. The number of ether oxygens (including phenoxy) is 1. The van der Waals surface area contributed by atoms with Crippen molar-refractivity contribution in [3.05, 3.63) is 38.5 Å². The van der Waals surface area contributed by atoms with E-state index in [9.17, 15) is 24.5 Å². The van der Waals surface area contributed by atoms with Gasteiger partial charge in [0.1, 0.15) is 17.4 Å². The summed E-state index contributed by atoms with van der Waals surface area (Å²) in [6.45, 7) is 5.28. The Balaban J connectivity index is 2.20. The Morgan fingerprint density at radius 1 is 1.45 bits per heavy atom. The number of rotatable bonds is 9. The Morgan fingerprint density at radius 2 is 2.14 bits per heavy atom. The Morgan fingerprint density at radius 3 is 2.69 bits per heavy atom. The van der Waals surface area contributed by atoms with Gasteiger partial charge >= 0.3 is 11.7 Å². The summed E-state index contributed by atoms with van der Waals surface area (Å²) in [5, 5.41) is 17.4. The lowest BCUT2D eigenvalue weighted by atomic mass is 10.1. The van der Waals surface area contributed by atoms with Gasteiger partial charge in [-0.05, 0) is 18.9 Å². The van der Waals surface area contributed by atoms with E-state index in [1.807, 2.05) is 6.92 Å². The van der Waals surface area contributed by atoms with Crippen LogP contribution >= 0.6 is 11.3 Å². The van der Waals surface area contributed by atoms with Crippen molar-refractivity contribution in [2.45, 2.75) is 33.7 Å². The van der Waals surface area contributed by atoms with Gasteiger partial charge in [-0.25, -0.2) is 4.79 Å². The van der Waals surface area contributed by atoms with E-state index >= 15 is 0 Å². The fourth-order valence-electron chi connectivity index (χ4n) is 2.49. The first kappa shape index (κ1) is 22.0. The van der Waals surface area contributed by atoms with Crippen LogP contribution in [-0.2, 0) is 16.1 Å². The number of aromatic nitrogens is 2. The molecule has 2 rings (SSSR count). The SMILES string of the molecule is CCCOC(=O)c1c(NC(=O)C(C)Cn2cc([N+](=O)[O-])cn2)sc(C(N)=O)c1C. The Labute approximate surface area is 170 Å². The number of carbonyl (C=O) groups excluding carboxylic acids is 3. The van der Waals surface area contributed by atoms with Gasteiger partial charge in [0.25, 0.3) is 5.91 Å². The third-order valence-electron chi connectivity index (χ3n) is 3.99. The van der Waals surface area contributed by atoms with E-state index in [0.717, 1.165) is 17.5 Å². The molecule has 0 spiro atoms. The molecule has 12 heteroatoms. The van der Waals surface area contributed by atoms with Crippen LogP contribution in [0.1, 0.15) is 45.9 Å². The predicted octanol–water partition coefficient (Wildman–Crippen LogP) is 2.10. The molecule has 0 aliphatic rings. The maximum absolute atomic E-state index is 12.6. The van der Waals surface area contributed by atoms with Crippen LogP contribution in [-0.4, -0.2) is 39.1 Å². The van der Waals surface area contributed by atoms with Gasteiger partial charge < -0.3 is 15.8 Å².